The maximum Gasteiger partial charge on any atom is 0.118 e. The van der Waals surface area contributed by atoms with Crippen LogP contribution in [0.15, 0.2) is 24.2 Å². The van der Waals surface area contributed by atoms with Gasteiger partial charge in [0.1, 0.15) is 5.75 Å². The van der Waals surface area contributed by atoms with Crippen molar-refractivity contribution >= 4 is 0 Å². The van der Waals surface area contributed by atoms with Gasteiger partial charge in [-0.1, -0.05) is 31.2 Å². The number of aliphatic hydroxyl groups is 1. The second-order valence-electron chi connectivity index (χ2n) is 3.57. The lowest BCUT2D eigenvalue weighted by molar-refractivity contribution is -0.0277. The highest BCUT2D eigenvalue weighted by Gasteiger charge is 2.38. The van der Waals surface area contributed by atoms with Gasteiger partial charge in [0.25, 0.3) is 0 Å². The first kappa shape index (κ1) is 3.31. The van der Waals surface area contributed by atoms with Gasteiger partial charge in [-0.3, -0.25) is 0 Å². The number of likely N-dealkylation sites (N-methyl/N-ethyl adjacent to an activating group) is 1. The third-order valence-corrected chi connectivity index (χ3v) is 2.25. The molecule has 3 heteroatoms. The van der Waals surface area contributed by atoms with Crippen molar-refractivity contribution in [3.63, 3.8) is 0 Å². The van der Waals surface area contributed by atoms with Gasteiger partial charge in [0.15, 0.2) is 0 Å². The summed E-state index contributed by atoms with van der Waals surface area (Å²) < 4.78 is 194. The van der Waals surface area contributed by atoms with Gasteiger partial charge < -0.3 is 14.7 Å². The van der Waals surface area contributed by atoms with Crippen LogP contribution in [0.2, 0.25) is 0 Å². The Hall–Kier alpha value is -1.06. The third-order valence-electron chi connectivity index (χ3n) is 2.25. The minimum atomic E-state index is -5.11. The Morgan fingerprint density at radius 2 is 2.10 bits per heavy atom. The van der Waals surface area contributed by atoms with Crippen molar-refractivity contribution in [2.24, 2.45) is 0 Å². The maximum absolute atomic E-state index is 12.1. The predicted molar refractivity (Wildman–Crippen MR) is 82.3 cm³/mol. The van der Waals surface area contributed by atoms with Gasteiger partial charge in [0, 0.05) is 38.4 Å². The summed E-state index contributed by atoms with van der Waals surface area (Å²) in [5, 5.41) is 12.1. The minimum Gasteiger partial charge on any atom is -0.497 e. The van der Waals surface area contributed by atoms with Crippen molar-refractivity contribution < 1.29 is 41.4 Å². The van der Waals surface area contributed by atoms with E-state index in [0.29, 0.717) is 0 Å². The van der Waals surface area contributed by atoms with E-state index in [1.54, 1.807) is 0 Å². The molecule has 112 valence electrons. The zero-order valence-electron chi connectivity index (χ0n) is 33.3. The topological polar surface area (TPSA) is 32.7 Å². The van der Waals surface area contributed by atoms with Crippen LogP contribution in [-0.2, 0) is 0 Å². The quantitative estimate of drug-likeness (QED) is 0.907. The van der Waals surface area contributed by atoms with Crippen molar-refractivity contribution in [3.05, 3.63) is 29.7 Å². The number of benzene rings is 1. The normalized spacial score (nSPS) is 52.9. The maximum atomic E-state index is 12.1. The summed E-state index contributed by atoms with van der Waals surface area (Å²) in [6.45, 7) is -13.2. The molecule has 1 saturated carbocycles. The molecule has 2 rings (SSSR count). The number of rotatable bonds is 5. The fourth-order valence-electron chi connectivity index (χ4n) is 1.39. The summed E-state index contributed by atoms with van der Waals surface area (Å²) >= 11 is 0. The Labute approximate surface area is 154 Å². The van der Waals surface area contributed by atoms with E-state index >= 15 is 0 Å². The summed E-state index contributed by atoms with van der Waals surface area (Å²) in [7, 11) is 0.846. The second kappa shape index (κ2) is 6.59. The van der Waals surface area contributed by atoms with Gasteiger partial charge in [-0.25, -0.2) is 0 Å². The molecule has 1 aliphatic rings. The van der Waals surface area contributed by atoms with Gasteiger partial charge in [0.05, 0.1) is 18.2 Å². The molecule has 0 amide bonds. The van der Waals surface area contributed by atoms with Gasteiger partial charge in [-0.15, -0.1) is 0 Å². The molecule has 0 aromatic heterocycles. The van der Waals surface area contributed by atoms with Crippen LogP contribution in [0, 0.1) is 0 Å². The summed E-state index contributed by atoms with van der Waals surface area (Å²) in [5.41, 5.74) is -7.03. The van der Waals surface area contributed by atoms with Crippen LogP contribution in [0.1, 0.15) is 74.8 Å². The van der Waals surface area contributed by atoms with E-state index in [-0.39, 0.29) is 0 Å². The Bertz CT molecular complexity index is 1210. The molecule has 0 heterocycles. The van der Waals surface area contributed by atoms with Crippen LogP contribution in [0.5, 0.6) is 5.75 Å². The van der Waals surface area contributed by atoms with Crippen molar-refractivity contribution in [2.45, 2.75) is 43.4 Å². The van der Waals surface area contributed by atoms with Crippen LogP contribution >= 0.6 is 0 Å². The van der Waals surface area contributed by atoms with Crippen molar-refractivity contribution in [1.82, 2.24) is 4.90 Å². The number of nitrogens with zero attached hydrogens (tertiary/aromatic N) is 1. The molecule has 0 bridgehead atoms. The minimum absolute atomic E-state index is 0.846. The first-order valence-electron chi connectivity index (χ1n) is 16.8. The molecule has 1 aromatic carbocycles. The lowest BCUT2D eigenvalue weighted by atomic mass is 9.72. The Kier molecular flexibility index (Phi) is 1.09. The van der Waals surface area contributed by atoms with Crippen molar-refractivity contribution in [3.8, 4) is 5.75 Å². The largest absolute Gasteiger partial charge is 0.497 e. The van der Waals surface area contributed by atoms with E-state index in [0.717, 1.165) is 7.11 Å². The van der Waals surface area contributed by atoms with Crippen LogP contribution in [-0.4, -0.2) is 43.2 Å². The molecule has 1 fully saturated rings. The molecule has 1 atom stereocenters. The van der Waals surface area contributed by atoms with Crippen LogP contribution < -0.4 is 4.74 Å². The molecular weight excluding hydrogens is 250 g/mol. The monoisotopic (exact) mass is 300 g/mol. The van der Waals surface area contributed by atoms with Crippen molar-refractivity contribution in [1.29, 1.82) is 0 Å². The highest BCUT2D eigenvalue weighted by Crippen LogP contribution is 2.40. The molecule has 1 aliphatic carbocycles. The summed E-state index contributed by atoms with van der Waals surface area (Å²) in [6.07, 6.45) is -22.7. The molecule has 3 nitrogen and oxygen atoms in total. The van der Waals surface area contributed by atoms with Crippen LogP contribution in [0.4, 0.5) is 0 Å². The number of methoxy groups -OCH3 is 1. The molecule has 0 unspecified atom stereocenters. The Morgan fingerprint density at radius 1 is 1.45 bits per heavy atom. The molecule has 1 aromatic rings. The van der Waals surface area contributed by atoms with Crippen LogP contribution in [0.25, 0.3) is 0 Å². The summed E-state index contributed by atoms with van der Waals surface area (Å²) in [4.78, 5) is -1.12. The number of ether oxygens (including phenoxy) is 1. The van der Waals surface area contributed by atoms with E-state index in [9.17, 15) is 6.48 Å². The lowest BCUT2D eigenvalue weighted by Gasteiger charge is -2.40. The predicted octanol–water partition coefficient (Wildman–Crippen LogP) is 3.04. The van der Waals surface area contributed by atoms with Gasteiger partial charge in [0.2, 0.25) is 0 Å². The summed E-state index contributed by atoms with van der Waals surface area (Å²) in [6, 6.07) is -5.88. The van der Waals surface area contributed by atoms with E-state index in [2.05, 4.69) is 0 Å². The average Bonchev–Trinajstić information content (AvgIpc) is 2.78. The SMILES string of the molecule is [2H]c1c([2H])c([C@@]([2H])(C([2H])([2H])N(C([2H])([2H])[2H])C([2H])([2H])[2H])C2(O)C([2H])([2H])C([2H])([2H])C([2H])([2H])C([2H])([2H])C2([2H])[2H])c([2H])c([2H])c1OC. The molecule has 0 spiro atoms. The third kappa shape index (κ3) is 3.53. The zero-order valence-corrected chi connectivity index (χ0v) is 10.3. The molecule has 20 heavy (non-hydrogen) atoms. The molecule has 0 saturated heterocycles. The molecule has 0 aliphatic heterocycles. The van der Waals surface area contributed by atoms with Crippen LogP contribution in [0.3, 0.4) is 0 Å². The van der Waals surface area contributed by atoms with Gasteiger partial charge in [-0.2, -0.15) is 0 Å². The van der Waals surface area contributed by atoms with E-state index in [1.165, 1.54) is 0 Å². The van der Waals surface area contributed by atoms with Gasteiger partial charge >= 0.3 is 0 Å². The Balaban J connectivity index is 3.54. The van der Waals surface area contributed by atoms with E-state index < -0.39 is 104 Å². The molecule has 1 N–H and O–H groups in total. The highest BCUT2D eigenvalue weighted by atomic mass is 16.5. The average molecular weight is 301 g/mol. The molecular formula is C17H27NO2. The first-order valence-corrected chi connectivity index (χ1v) is 5.26. The standard InChI is InChI=1S/C17H27NO2/c1-18(2)13-16(17(19)11-5-4-6-12-17)14-7-9-15(20-3)10-8-14/h7-10,16,19H,4-6,11-13H2,1-3H3/t16-/m1/s1/i1D3,2D3,4D2,5D2,6D2,7D,8D,9D,10D,11D2,12D2,13D2,16D. The van der Waals surface area contributed by atoms with E-state index in [1.807, 2.05) is 0 Å². The number of hydrogen-bond donors (Lipinski definition) is 1. The second-order valence-corrected chi connectivity index (χ2v) is 3.57. The fourth-order valence-corrected chi connectivity index (χ4v) is 1.39. The summed E-state index contributed by atoms with van der Waals surface area (Å²) in [5.74, 6) is -5.80. The Morgan fingerprint density at radius 3 is 2.65 bits per heavy atom. The number of hydrogen-bond acceptors (Lipinski definition) is 3. The highest BCUT2D eigenvalue weighted by molar-refractivity contribution is 5.31. The van der Waals surface area contributed by atoms with Crippen molar-refractivity contribution in [2.75, 3.05) is 27.6 Å². The van der Waals surface area contributed by atoms with Gasteiger partial charge in [-0.05, 0) is 44.3 Å². The molecule has 0 radical (unpaired) electrons. The van der Waals surface area contributed by atoms with E-state index in [4.69, 9.17) is 34.9 Å². The fraction of sp³-hybridized carbons (Fsp3) is 0.647. The smallest absolute Gasteiger partial charge is 0.118 e. The first-order chi connectivity index (χ1) is 18.6. The lowest BCUT2D eigenvalue weighted by Crippen LogP contribution is -2.42. The zero-order chi connectivity index (χ0) is 34.7.